The molecule has 0 aliphatic rings. The van der Waals surface area contributed by atoms with Gasteiger partial charge in [0.05, 0.1) is 16.7 Å². The van der Waals surface area contributed by atoms with Gasteiger partial charge >= 0.3 is 0 Å². The summed E-state index contributed by atoms with van der Waals surface area (Å²) in [4.78, 5) is 14.9. The van der Waals surface area contributed by atoms with Crippen LogP contribution < -0.4 is 5.32 Å². The second kappa shape index (κ2) is 6.99. The summed E-state index contributed by atoms with van der Waals surface area (Å²) in [6.45, 7) is 5.73. The standard InChI is InChI=1S/C15H19N3O3/c1-3-7-16-8-6-15-17-10-14(21-15)12-9-11(2)4-5-13(12)18(19)20/h4-5,9-10,16H,3,6-8H2,1-2H3. The first-order valence-corrected chi connectivity index (χ1v) is 7.02. The van der Waals surface area contributed by atoms with Crippen molar-refractivity contribution in [3.63, 3.8) is 0 Å². The second-order valence-electron chi connectivity index (χ2n) is 4.90. The first-order chi connectivity index (χ1) is 10.1. The van der Waals surface area contributed by atoms with Gasteiger partial charge in [-0.3, -0.25) is 10.1 Å². The van der Waals surface area contributed by atoms with Crippen LogP contribution in [0.5, 0.6) is 0 Å². The summed E-state index contributed by atoms with van der Waals surface area (Å²) in [6.07, 6.45) is 3.29. The second-order valence-corrected chi connectivity index (χ2v) is 4.90. The zero-order chi connectivity index (χ0) is 15.2. The van der Waals surface area contributed by atoms with Gasteiger partial charge in [-0.2, -0.15) is 0 Å². The monoisotopic (exact) mass is 289 g/mol. The molecule has 112 valence electrons. The number of nitro groups is 1. The molecule has 0 aliphatic heterocycles. The molecule has 1 N–H and O–H groups in total. The Hall–Kier alpha value is -2.21. The first-order valence-electron chi connectivity index (χ1n) is 7.02. The number of aromatic nitrogens is 1. The third-order valence-electron chi connectivity index (χ3n) is 3.11. The van der Waals surface area contributed by atoms with Crippen LogP contribution in [0, 0.1) is 17.0 Å². The normalized spacial score (nSPS) is 10.8. The fourth-order valence-corrected chi connectivity index (χ4v) is 2.05. The molecule has 1 aromatic heterocycles. The summed E-state index contributed by atoms with van der Waals surface area (Å²) in [7, 11) is 0. The Bertz CT molecular complexity index is 622. The molecule has 0 radical (unpaired) electrons. The summed E-state index contributed by atoms with van der Waals surface area (Å²) >= 11 is 0. The summed E-state index contributed by atoms with van der Waals surface area (Å²) in [5.74, 6) is 1.03. The van der Waals surface area contributed by atoms with E-state index in [0.29, 0.717) is 23.6 Å². The van der Waals surface area contributed by atoms with E-state index in [9.17, 15) is 10.1 Å². The average molecular weight is 289 g/mol. The van der Waals surface area contributed by atoms with E-state index in [1.165, 1.54) is 6.07 Å². The fraction of sp³-hybridized carbons (Fsp3) is 0.400. The highest BCUT2D eigenvalue weighted by Crippen LogP contribution is 2.31. The molecule has 0 bridgehead atoms. The molecule has 0 fully saturated rings. The van der Waals surface area contributed by atoms with Gasteiger partial charge in [-0.05, 0) is 31.5 Å². The molecule has 2 aromatic rings. The molecule has 1 heterocycles. The molecule has 0 saturated carbocycles. The molecule has 1 aromatic carbocycles. The smallest absolute Gasteiger partial charge is 0.280 e. The Morgan fingerprint density at radius 3 is 2.90 bits per heavy atom. The molecule has 0 amide bonds. The highest BCUT2D eigenvalue weighted by atomic mass is 16.6. The van der Waals surface area contributed by atoms with Crippen LogP contribution in [0.2, 0.25) is 0 Å². The maximum atomic E-state index is 11.1. The van der Waals surface area contributed by atoms with Crippen LogP contribution in [-0.2, 0) is 6.42 Å². The minimum Gasteiger partial charge on any atom is -0.440 e. The zero-order valence-electron chi connectivity index (χ0n) is 12.3. The molecule has 2 rings (SSSR count). The first kappa shape index (κ1) is 15.2. The lowest BCUT2D eigenvalue weighted by molar-refractivity contribution is -0.384. The van der Waals surface area contributed by atoms with Gasteiger partial charge in [0, 0.05) is 19.0 Å². The maximum absolute atomic E-state index is 11.1. The van der Waals surface area contributed by atoms with Crippen molar-refractivity contribution in [2.45, 2.75) is 26.7 Å². The largest absolute Gasteiger partial charge is 0.440 e. The van der Waals surface area contributed by atoms with E-state index in [-0.39, 0.29) is 5.69 Å². The van der Waals surface area contributed by atoms with E-state index in [4.69, 9.17) is 4.42 Å². The average Bonchev–Trinajstić information content (AvgIpc) is 2.92. The van der Waals surface area contributed by atoms with Crippen molar-refractivity contribution in [2.75, 3.05) is 13.1 Å². The number of nitrogens with zero attached hydrogens (tertiary/aromatic N) is 2. The van der Waals surface area contributed by atoms with Gasteiger partial charge in [-0.15, -0.1) is 0 Å². The summed E-state index contributed by atoms with van der Waals surface area (Å²) in [5, 5.41) is 14.4. The number of rotatable bonds is 7. The minimum atomic E-state index is -0.403. The highest BCUT2D eigenvalue weighted by Gasteiger charge is 2.18. The zero-order valence-corrected chi connectivity index (χ0v) is 12.3. The molecule has 6 nitrogen and oxygen atoms in total. The van der Waals surface area contributed by atoms with E-state index in [1.54, 1.807) is 18.3 Å². The summed E-state index contributed by atoms with van der Waals surface area (Å²) in [6, 6.07) is 4.96. The van der Waals surface area contributed by atoms with Crippen LogP contribution in [0.15, 0.2) is 28.8 Å². The van der Waals surface area contributed by atoms with E-state index in [1.807, 2.05) is 6.92 Å². The maximum Gasteiger partial charge on any atom is 0.280 e. The molecule has 0 saturated heterocycles. The number of benzene rings is 1. The summed E-state index contributed by atoms with van der Waals surface area (Å²) in [5.41, 5.74) is 1.45. The van der Waals surface area contributed by atoms with Crippen molar-refractivity contribution in [2.24, 2.45) is 0 Å². The molecule has 21 heavy (non-hydrogen) atoms. The molecule has 0 unspecified atom stereocenters. The van der Waals surface area contributed by atoms with E-state index < -0.39 is 4.92 Å². The van der Waals surface area contributed by atoms with Gasteiger partial charge < -0.3 is 9.73 Å². The number of nitrogens with one attached hydrogen (secondary N) is 1. The highest BCUT2D eigenvalue weighted by molar-refractivity contribution is 5.69. The van der Waals surface area contributed by atoms with Gasteiger partial charge in [0.25, 0.3) is 5.69 Å². The number of hydrogen-bond acceptors (Lipinski definition) is 5. The fourth-order valence-electron chi connectivity index (χ4n) is 2.05. The van der Waals surface area contributed by atoms with Crippen LogP contribution in [0.3, 0.4) is 0 Å². The van der Waals surface area contributed by atoms with Gasteiger partial charge in [0.2, 0.25) is 0 Å². The third-order valence-corrected chi connectivity index (χ3v) is 3.11. The van der Waals surface area contributed by atoms with E-state index in [2.05, 4.69) is 17.2 Å². The molecular formula is C15H19N3O3. The number of hydrogen-bond donors (Lipinski definition) is 1. The van der Waals surface area contributed by atoms with Crippen LogP contribution in [0.1, 0.15) is 24.8 Å². The van der Waals surface area contributed by atoms with Crippen molar-refractivity contribution >= 4 is 5.69 Å². The number of aryl methyl sites for hydroxylation is 1. The van der Waals surface area contributed by atoms with Crippen LogP contribution >= 0.6 is 0 Å². The van der Waals surface area contributed by atoms with Crippen LogP contribution in [0.4, 0.5) is 5.69 Å². The Morgan fingerprint density at radius 1 is 1.38 bits per heavy atom. The van der Waals surface area contributed by atoms with Gasteiger partial charge in [0.1, 0.15) is 0 Å². The molecule has 6 heteroatoms. The van der Waals surface area contributed by atoms with Gasteiger partial charge in [-0.25, -0.2) is 4.98 Å². The lowest BCUT2D eigenvalue weighted by Gasteiger charge is -2.01. The molecule has 0 aliphatic carbocycles. The Kier molecular flexibility index (Phi) is 5.05. The van der Waals surface area contributed by atoms with E-state index >= 15 is 0 Å². The number of oxazole rings is 1. The molecular weight excluding hydrogens is 270 g/mol. The topological polar surface area (TPSA) is 81.2 Å². The SMILES string of the molecule is CCCNCCc1ncc(-c2cc(C)ccc2[N+](=O)[O-])o1. The number of nitro benzene ring substituents is 1. The van der Waals surface area contributed by atoms with E-state index in [0.717, 1.165) is 25.1 Å². The third kappa shape index (κ3) is 3.88. The van der Waals surface area contributed by atoms with Crippen LogP contribution in [0.25, 0.3) is 11.3 Å². The van der Waals surface area contributed by atoms with Gasteiger partial charge in [-0.1, -0.05) is 13.0 Å². The summed E-state index contributed by atoms with van der Waals surface area (Å²) < 4.78 is 5.64. The lowest BCUT2D eigenvalue weighted by Crippen LogP contribution is -2.17. The minimum absolute atomic E-state index is 0.0346. The quantitative estimate of drug-likeness (QED) is 0.481. The van der Waals surface area contributed by atoms with Crippen molar-refractivity contribution < 1.29 is 9.34 Å². The van der Waals surface area contributed by atoms with Crippen LogP contribution in [-0.4, -0.2) is 23.0 Å². The van der Waals surface area contributed by atoms with Crippen molar-refractivity contribution in [3.05, 3.63) is 46.0 Å². The molecule has 0 spiro atoms. The Balaban J connectivity index is 2.17. The molecule has 0 atom stereocenters. The van der Waals surface area contributed by atoms with Crippen molar-refractivity contribution in [1.82, 2.24) is 10.3 Å². The predicted octanol–water partition coefficient (Wildman–Crippen LogP) is 3.10. The lowest BCUT2D eigenvalue weighted by atomic mass is 10.1. The van der Waals surface area contributed by atoms with Crippen molar-refractivity contribution in [3.8, 4) is 11.3 Å². The Morgan fingerprint density at radius 2 is 2.19 bits per heavy atom. The van der Waals surface area contributed by atoms with Gasteiger partial charge in [0.15, 0.2) is 11.7 Å². The van der Waals surface area contributed by atoms with Crippen molar-refractivity contribution in [1.29, 1.82) is 0 Å². The predicted molar refractivity (Wildman–Crippen MR) is 80.2 cm³/mol. The Labute approximate surface area is 123 Å².